The molecule has 0 amide bonds. The van der Waals surface area contributed by atoms with Crippen LogP contribution in [0, 0.1) is 40.7 Å². The summed E-state index contributed by atoms with van der Waals surface area (Å²) in [5.74, 6) is -3.63. The zero-order chi connectivity index (χ0) is 23.8. The number of benzene rings is 1. The molecule has 3 heterocycles. The Hall–Kier alpha value is -3.43. The topological polar surface area (TPSA) is 62.5 Å². The second-order valence-corrected chi connectivity index (χ2v) is 7.74. The van der Waals surface area contributed by atoms with E-state index in [0.717, 1.165) is 18.3 Å². The smallest absolute Gasteiger partial charge is 0.153 e. The van der Waals surface area contributed by atoms with E-state index in [1.54, 1.807) is 44.2 Å². The van der Waals surface area contributed by atoms with Crippen molar-refractivity contribution in [1.82, 2.24) is 15.0 Å². The molecular formula is C25H15F4N4Pt-. The third-order valence-electron chi connectivity index (χ3n) is 5.21. The minimum Gasteiger partial charge on any atom is -0.283 e. The van der Waals surface area contributed by atoms with Crippen LogP contribution in [-0.4, -0.2) is 15.0 Å². The van der Waals surface area contributed by atoms with Crippen LogP contribution in [0.1, 0.15) is 30.7 Å². The Bertz CT molecular complexity index is 1420. The van der Waals surface area contributed by atoms with Crippen molar-refractivity contribution >= 4 is 0 Å². The van der Waals surface area contributed by atoms with Gasteiger partial charge in [0.05, 0.1) is 29.3 Å². The number of aromatic nitrogens is 3. The summed E-state index contributed by atoms with van der Waals surface area (Å²) < 4.78 is 56.0. The number of rotatable bonds is 4. The first-order valence-corrected chi connectivity index (χ1v) is 9.79. The predicted octanol–water partition coefficient (Wildman–Crippen LogP) is 5.76. The summed E-state index contributed by atoms with van der Waals surface area (Å²) >= 11 is 0. The van der Waals surface area contributed by atoms with E-state index in [2.05, 4.69) is 21.0 Å². The van der Waals surface area contributed by atoms with E-state index in [9.17, 15) is 17.6 Å². The summed E-state index contributed by atoms with van der Waals surface area (Å²) in [6, 6.07) is 15.6. The molecule has 0 bridgehead atoms. The van der Waals surface area contributed by atoms with Gasteiger partial charge in [0.2, 0.25) is 0 Å². The SMILES string of the molecule is CC(C)(c1cccc(-c2cccc(-c3ncc(F)cc3F)n2)n1)c1[c-]cc(F)c(C#N)c1F.[Pt]. The van der Waals surface area contributed by atoms with Crippen LogP contribution >= 0.6 is 0 Å². The van der Waals surface area contributed by atoms with E-state index in [1.165, 1.54) is 12.1 Å². The standard InChI is InChI=1S/C25H15F4N4.Pt/c1-25(2,16-9-10-17(27)15(12-30)23(16)29)22-8-4-6-20(33-22)19-5-3-7-21(32-19)24-18(28)11-14(26)13-31-24;/h3-8,10-11,13H,1-2H3;/q-1;. The van der Waals surface area contributed by atoms with Crippen molar-refractivity contribution in [1.29, 1.82) is 5.26 Å². The van der Waals surface area contributed by atoms with Gasteiger partial charge in [-0.15, -0.1) is 11.6 Å². The maximum Gasteiger partial charge on any atom is 0.153 e. The molecule has 34 heavy (non-hydrogen) atoms. The summed E-state index contributed by atoms with van der Waals surface area (Å²) in [5, 5.41) is 9.09. The van der Waals surface area contributed by atoms with Crippen LogP contribution in [0.4, 0.5) is 17.6 Å². The molecular weight excluding hydrogens is 627 g/mol. The van der Waals surface area contributed by atoms with Crippen molar-refractivity contribution in [2.75, 3.05) is 0 Å². The van der Waals surface area contributed by atoms with Gasteiger partial charge in [-0.05, 0) is 24.3 Å². The average Bonchev–Trinajstić information content (AvgIpc) is 2.79. The minimum absolute atomic E-state index is 0. The van der Waals surface area contributed by atoms with Gasteiger partial charge in [-0.25, -0.2) is 18.7 Å². The summed E-state index contributed by atoms with van der Waals surface area (Å²) in [4.78, 5) is 12.8. The molecule has 0 fully saturated rings. The van der Waals surface area contributed by atoms with Gasteiger partial charge >= 0.3 is 0 Å². The normalized spacial score (nSPS) is 11.0. The molecule has 174 valence electrons. The molecule has 0 N–H and O–H groups in total. The zero-order valence-electron chi connectivity index (χ0n) is 17.8. The molecule has 0 atom stereocenters. The van der Waals surface area contributed by atoms with Crippen LogP contribution < -0.4 is 0 Å². The van der Waals surface area contributed by atoms with Crippen LogP contribution in [0.25, 0.3) is 22.8 Å². The molecule has 0 aliphatic rings. The molecule has 1 aromatic carbocycles. The van der Waals surface area contributed by atoms with Crippen LogP contribution in [0.2, 0.25) is 0 Å². The Morgan fingerprint density at radius 2 is 1.56 bits per heavy atom. The Morgan fingerprint density at radius 1 is 0.912 bits per heavy atom. The van der Waals surface area contributed by atoms with Crippen molar-refractivity contribution in [2.45, 2.75) is 19.3 Å². The van der Waals surface area contributed by atoms with Gasteiger partial charge in [-0.1, -0.05) is 26.0 Å². The van der Waals surface area contributed by atoms with E-state index in [1.807, 2.05) is 0 Å². The largest absolute Gasteiger partial charge is 0.283 e. The van der Waals surface area contributed by atoms with E-state index in [4.69, 9.17) is 5.26 Å². The van der Waals surface area contributed by atoms with Gasteiger partial charge < -0.3 is 0 Å². The number of halogens is 4. The van der Waals surface area contributed by atoms with Gasteiger partial charge in [0.25, 0.3) is 0 Å². The first-order chi connectivity index (χ1) is 15.7. The summed E-state index contributed by atoms with van der Waals surface area (Å²) in [6.07, 6.45) is 0.900. The molecule has 3 aromatic heterocycles. The van der Waals surface area contributed by atoms with E-state index < -0.39 is 34.2 Å². The van der Waals surface area contributed by atoms with Gasteiger partial charge in [0.15, 0.2) is 5.82 Å². The monoisotopic (exact) mass is 642 g/mol. The molecule has 0 aliphatic heterocycles. The second-order valence-electron chi connectivity index (χ2n) is 7.74. The number of pyridine rings is 3. The van der Waals surface area contributed by atoms with Gasteiger partial charge in [0, 0.05) is 55.4 Å². The summed E-state index contributed by atoms with van der Waals surface area (Å²) in [6.45, 7) is 3.35. The van der Waals surface area contributed by atoms with Crippen LogP contribution in [0.5, 0.6) is 0 Å². The maximum absolute atomic E-state index is 14.8. The minimum atomic E-state index is -1.07. The molecule has 4 nitrogen and oxygen atoms in total. The Kier molecular flexibility index (Phi) is 7.28. The predicted molar refractivity (Wildman–Crippen MR) is 113 cm³/mol. The Morgan fingerprint density at radius 3 is 2.24 bits per heavy atom. The van der Waals surface area contributed by atoms with Crippen molar-refractivity contribution in [3.05, 3.63) is 101 Å². The fourth-order valence-corrected chi connectivity index (χ4v) is 3.42. The first-order valence-electron chi connectivity index (χ1n) is 9.79. The fraction of sp³-hybridized carbons (Fsp3) is 0.120. The number of hydrogen-bond acceptors (Lipinski definition) is 4. The fourth-order valence-electron chi connectivity index (χ4n) is 3.42. The summed E-state index contributed by atoms with van der Waals surface area (Å²) in [5.41, 5.74) is -0.467. The average molecular weight is 642 g/mol. The third-order valence-corrected chi connectivity index (χ3v) is 5.21. The van der Waals surface area contributed by atoms with Crippen molar-refractivity contribution < 1.29 is 38.6 Å². The van der Waals surface area contributed by atoms with Crippen molar-refractivity contribution in [3.8, 4) is 28.8 Å². The quantitative estimate of drug-likeness (QED) is 0.210. The van der Waals surface area contributed by atoms with Crippen molar-refractivity contribution in [3.63, 3.8) is 0 Å². The second kappa shape index (κ2) is 9.82. The number of nitriles is 1. The van der Waals surface area contributed by atoms with Crippen LogP contribution in [-0.2, 0) is 26.5 Å². The maximum atomic E-state index is 14.8. The molecule has 4 rings (SSSR count). The molecule has 0 aliphatic carbocycles. The number of hydrogen-bond donors (Lipinski definition) is 0. The molecule has 0 saturated heterocycles. The van der Waals surface area contributed by atoms with E-state index >= 15 is 0 Å². The Balaban J connectivity index is 0.00000324. The third kappa shape index (κ3) is 4.62. The van der Waals surface area contributed by atoms with Gasteiger partial charge in [-0.2, -0.15) is 11.3 Å². The molecule has 9 heteroatoms. The zero-order valence-corrected chi connectivity index (χ0v) is 20.1. The Labute approximate surface area is 207 Å². The first kappa shape index (κ1) is 25.2. The van der Waals surface area contributed by atoms with Crippen LogP contribution in [0.15, 0.2) is 54.7 Å². The summed E-state index contributed by atoms with van der Waals surface area (Å²) in [7, 11) is 0. The van der Waals surface area contributed by atoms with E-state index in [-0.39, 0.29) is 38.0 Å². The van der Waals surface area contributed by atoms with E-state index in [0.29, 0.717) is 17.1 Å². The molecule has 0 radical (unpaired) electrons. The molecule has 0 unspecified atom stereocenters. The number of nitrogens with zero attached hydrogens (tertiary/aromatic N) is 4. The van der Waals surface area contributed by atoms with Gasteiger partial charge in [0.1, 0.15) is 11.5 Å². The van der Waals surface area contributed by atoms with Gasteiger partial charge in [-0.3, -0.25) is 13.8 Å². The molecule has 4 aromatic rings. The van der Waals surface area contributed by atoms with Crippen molar-refractivity contribution in [2.24, 2.45) is 0 Å². The van der Waals surface area contributed by atoms with Crippen LogP contribution in [0.3, 0.4) is 0 Å². The molecule has 0 saturated carbocycles. The molecule has 0 spiro atoms.